The summed E-state index contributed by atoms with van der Waals surface area (Å²) in [5.41, 5.74) is 2.06. The predicted octanol–water partition coefficient (Wildman–Crippen LogP) is 3.30. The number of hydrogen-bond acceptors (Lipinski definition) is 4. The number of anilines is 1. The highest BCUT2D eigenvalue weighted by Gasteiger charge is 2.02. The Balaban J connectivity index is 1.77. The predicted molar refractivity (Wildman–Crippen MR) is 71.2 cm³/mol. The minimum absolute atomic E-state index is 0.709. The number of fused-ring (bicyclic) bond motifs is 1. The molecule has 3 rings (SSSR count). The summed E-state index contributed by atoms with van der Waals surface area (Å²) in [5.74, 6) is 0. The van der Waals surface area contributed by atoms with Gasteiger partial charge < -0.3 is 5.32 Å². The molecule has 0 fully saturated rings. The third-order valence-electron chi connectivity index (χ3n) is 2.44. The molecule has 0 aliphatic rings. The molecule has 0 aliphatic carbocycles. The molecule has 3 aromatic rings. The van der Waals surface area contributed by atoms with Crippen LogP contribution < -0.4 is 5.32 Å². The lowest BCUT2D eigenvalue weighted by Crippen LogP contribution is -2.00. The Morgan fingerprint density at radius 2 is 1.94 bits per heavy atom. The number of nitrogens with zero attached hydrogens (tertiary/aromatic N) is 2. The molecule has 17 heavy (non-hydrogen) atoms. The van der Waals surface area contributed by atoms with Crippen LogP contribution in [0.25, 0.3) is 10.2 Å². The number of rotatable bonds is 3. The van der Waals surface area contributed by atoms with Gasteiger partial charge >= 0.3 is 0 Å². The maximum atomic E-state index is 4.51. The number of aromatic nitrogens is 2. The fourth-order valence-electron chi connectivity index (χ4n) is 1.62. The van der Waals surface area contributed by atoms with E-state index in [1.54, 1.807) is 17.5 Å². The fraction of sp³-hybridized carbons (Fsp3) is 0.0769. The highest BCUT2D eigenvalue weighted by Crippen LogP contribution is 2.25. The van der Waals surface area contributed by atoms with Crippen LogP contribution in [0.5, 0.6) is 0 Å². The molecule has 0 amide bonds. The number of hydrogen-bond donors (Lipinski definition) is 1. The topological polar surface area (TPSA) is 37.8 Å². The Labute approximate surface area is 103 Å². The van der Waals surface area contributed by atoms with Crippen LogP contribution in [0.2, 0.25) is 0 Å². The second kappa shape index (κ2) is 4.51. The van der Waals surface area contributed by atoms with Crippen LogP contribution in [0.4, 0.5) is 5.13 Å². The molecule has 0 bridgehead atoms. The van der Waals surface area contributed by atoms with Gasteiger partial charge in [-0.2, -0.15) is 0 Å². The van der Waals surface area contributed by atoms with Crippen molar-refractivity contribution in [1.29, 1.82) is 0 Å². The largest absolute Gasteiger partial charge is 0.356 e. The Morgan fingerprint density at radius 1 is 1.06 bits per heavy atom. The van der Waals surface area contributed by atoms with Gasteiger partial charge in [0.25, 0.3) is 0 Å². The lowest BCUT2D eigenvalue weighted by molar-refractivity contribution is 1.04. The molecule has 2 aromatic heterocycles. The van der Waals surface area contributed by atoms with Gasteiger partial charge in [-0.25, -0.2) is 4.98 Å². The molecule has 0 radical (unpaired) electrons. The van der Waals surface area contributed by atoms with Crippen LogP contribution in [0, 0.1) is 0 Å². The molecule has 0 unspecified atom stereocenters. The van der Waals surface area contributed by atoms with Gasteiger partial charge in [-0.1, -0.05) is 29.5 Å². The van der Waals surface area contributed by atoms with Gasteiger partial charge in [0.15, 0.2) is 5.13 Å². The maximum Gasteiger partial charge on any atom is 0.184 e. The Kier molecular flexibility index (Phi) is 2.71. The SMILES string of the molecule is c1ccc(CNc2nc3ccccc3s2)nc1. The number of para-hydroxylation sites is 1. The number of pyridine rings is 1. The second-order valence-corrected chi connectivity index (χ2v) is 4.69. The second-order valence-electron chi connectivity index (χ2n) is 3.66. The molecule has 0 saturated carbocycles. The monoisotopic (exact) mass is 241 g/mol. The lowest BCUT2D eigenvalue weighted by Gasteiger charge is -2.00. The van der Waals surface area contributed by atoms with Gasteiger partial charge in [0.1, 0.15) is 0 Å². The first-order chi connectivity index (χ1) is 8.42. The van der Waals surface area contributed by atoms with E-state index < -0.39 is 0 Å². The first kappa shape index (κ1) is 10.2. The minimum atomic E-state index is 0.709. The van der Waals surface area contributed by atoms with Gasteiger partial charge in [-0.05, 0) is 24.3 Å². The van der Waals surface area contributed by atoms with E-state index >= 15 is 0 Å². The van der Waals surface area contributed by atoms with Crippen LogP contribution in [-0.2, 0) is 6.54 Å². The van der Waals surface area contributed by atoms with Crippen molar-refractivity contribution in [2.45, 2.75) is 6.54 Å². The zero-order valence-electron chi connectivity index (χ0n) is 9.13. The molecular formula is C13H11N3S. The lowest BCUT2D eigenvalue weighted by atomic mass is 10.3. The molecule has 3 nitrogen and oxygen atoms in total. The number of nitrogens with one attached hydrogen (secondary N) is 1. The van der Waals surface area contributed by atoms with E-state index in [9.17, 15) is 0 Å². The van der Waals surface area contributed by atoms with Crippen LogP contribution in [0.1, 0.15) is 5.69 Å². The molecule has 1 aromatic carbocycles. The van der Waals surface area contributed by atoms with Gasteiger partial charge in [0, 0.05) is 6.20 Å². The Bertz CT molecular complexity index is 586. The Hall–Kier alpha value is -1.94. The van der Waals surface area contributed by atoms with Gasteiger partial charge in [-0.15, -0.1) is 0 Å². The van der Waals surface area contributed by atoms with E-state index in [0.29, 0.717) is 6.54 Å². The minimum Gasteiger partial charge on any atom is -0.356 e. The molecular weight excluding hydrogens is 230 g/mol. The first-order valence-corrected chi connectivity index (χ1v) is 6.23. The summed E-state index contributed by atoms with van der Waals surface area (Å²) >= 11 is 1.67. The number of thiazole rings is 1. The van der Waals surface area contributed by atoms with E-state index in [1.165, 1.54) is 4.70 Å². The number of benzene rings is 1. The van der Waals surface area contributed by atoms with Gasteiger partial charge in [0.05, 0.1) is 22.5 Å². The summed E-state index contributed by atoms with van der Waals surface area (Å²) < 4.78 is 1.20. The van der Waals surface area contributed by atoms with Crippen LogP contribution >= 0.6 is 11.3 Å². The molecule has 4 heteroatoms. The third kappa shape index (κ3) is 2.26. The zero-order valence-corrected chi connectivity index (χ0v) is 9.95. The zero-order chi connectivity index (χ0) is 11.5. The summed E-state index contributed by atoms with van der Waals surface area (Å²) in [6.07, 6.45) is 1.80. The average Bonchev–Trinajstić information content (AvgIpc) is 2.80. The van der Waals surface area contributed by atoms with Crippen molar-refractivity contribution < 1.29 is 0 Å². The van der Waals surface area contributed by atoms with E-state index in [2.05, 4.69) is 21.4 Å². The smallest absolute Gasteiger partial charge is 0.184 e. The molecule has 0 saturated heterocycles. The highest BCUT2D eigenvalue weighted by atomic mass is 32.1. The fourth-order valence-corrected chi connectivity index (χ4v) is 2.48. The third-order valence-corrected chi connectivity index (χ3v) is 3.43. The van der Waals surface area contributed by atoms with Crippen molar-refractivity contribution in [2.24, 2.45) is 0 Å². The summed E-state index contributed by atoms with van der Waals surface area (Å²) in [4.78, 5) is 8.77. The van der Waals surface area contributed by atoms with Crippen molar-refractivity contribution in [1.82, 2.24) is 9.97 Å². The van der Waals surface area contributed by atoms with Gasteiger partial charge in [-0.3, -0.25) is 4.98 Å². The highest BCUT2D eigenvalue weighted by molar-refractivity contribution is 7.22. The summed E-state index contributed by atoms with van der Waals surface area (Å²) in [6.45, 7) is 0.709. The van der Waals surface area contributed by atoms with Crippen LogP contribution in [0.3, 0.4) is 0 Å². The average molecular weight is 241 g/mol. The van der Waals surface area contributed by atoms with E-state index in [1.807, 2.05) is 36.4 Å². The molecule has 2 heterocycles. The van der Waals surface area contributed by atoms with E-state index in [4.69, 9.17) is 0 Å². The summed E-state index contributed by atoms with van der Waals surface area (Å²) in [6, 6.07) is 14.0. The van der Waals surface area contributed by atoms with Gasteiger partial charge in [0.2, 0.25) is 0 Å². The molecule has 0 atom stereocenters. The van der Waals surface area contributed by atoms with Crippen molar-refractivity contribution in [3.05, 3.63) is 54.4 Å². The van der Waals surface area contributed by atoms with E-state index in [0.717, 1.165) is 16.3 Å². The van der Waals surface area contributed by atoms with Crippen molar-refractivity contribution in [3.8, 4) is 0 Å². The molecule has 0 spiro atoms. The van der Waals surface area contributed by atoms with Crippen molar-refractivity contribution >= 4 is 26.7 Å². The molecule has 1 N–H and O–H groups in total. The molecule has 0 aliphatic heterocycles. The summed E-state index contributed by atoms with van der Waals surface area (Å²) in [5, 5.41) is 4.24. The summed E-state index contributed by atoms with van der Waals surface area (Å²) in [7, 11) is 0. The standard InChI is InChI=1S/C13H11N3S/c1-2-7-12-11(6-1)16-13(17-12)15-9-10-5-3-4-8-14-10/h1-8H,9H2,(H,15,16). The normalized spacial score (nSPS) is 10.6. The van der Waals surface area contributed by atoms with Crippen LogP contribution in [-0.4, -0.2) is 9.97 Å². The van der Waals surface area contributed by atoms with E-state index in [-0.39, 0.29) is 0 Å². The van der Waals surface area contributed by atoms with Crippen LogP contribution in [0.15, 0.2) is 48.7 Å². The van der Waals surface area contributed by atoms with Crippen molar-refractivity contribution in [3.63, 3.8) is 0 Å². The molecule has 84 valence electrons. The maximum absolute atomic E-state index is 4.51. The first-order valence-electron chi connectivity index (χ1n) is 5.41. The Morgan fingerprint density at radius 3 is 2.76 bits per heavy atom. The quantitative estimate of drug-likeness (QED) is 0.764. The van der Waals surface area contributed by atoms with Crippen molar-refractivity contribution in [2.75, 3.05) is 5.32 Å².